The summed E-state index contributed by atoms with van der Waals surface area (Å²) in [5, 5.41) is 40.0. The first-order chi connectivity index (χ1) is 14.8. The fourth-order valence-corrected chi connectivity index (χ4v) is 3.00. The number of aromatic carboxylic acids is 1. The van der Waals surface area contributed by atoms with E-state index >= 15 is 0 Å². The van der Waals surface area contributed by atoms with Crippen LogP contribution in [0.25, 0.3) is 0 Å². The van der Waals surface area contributed by atoms with Gasteiger partial charge in [-0.25, -0.2) is 9.59 Å². The number of ether oxygens (including phenoxy) is 4. The van der Waals surface area contributed by atoms with Gasteiger partial charge in [0.25, 0.3) is 0 Å². The molecule has 31 heavy (non-hydrogen) atoms. The summed E-state index contributed by atoms with van der Waals surface area (Å²) in [4.78, 5) is 23.6. The molecule has 1 aliphatic rings. The van der Waals surface area contributed by atoms with Crippen molar-refractivity contribution in [3.63, 3.8) is 0 Å². The Morgan fingerprint density at radius 2 is 1.71 bits per heavy atom. The second-order valence-electron chi connectivity index (χ2n) is 6.76. The van der Waals surface area contributed by atoms with Gasteiger partial charge in [-0.1, -0.05) is 18.2 Å². The number of aliphatic hydroxyl groups is 3. The van der Waals surface area contributed by atoms with Gasteiger partial charge >= 0.3 is 11.9 Å². The molecular formula is C21H22O10. The highest BCUT2D eigenvalue weighted by molar-refractivity contribution is 5.91. The zero-order valence-corrected chi connectivity index (χ0v) is 16.5. The highest BCUT2D eigenvalue weighted by Crippen LogP contribution is 2.29. The van der Waals surface area contributed by atoms with E-state index in [1.54, 1.807) is 30.3 Å². The van der Waals surface area contributed by atoms with Crippen molar-refractivity contribution in [1.29, 1.82) is 0 Å². The van der Waals surface area contributed by atoms with Crippen LogP contribution in [0.15, 0.2) is 48.5 Å². The minimum atomic E-state index is -1.69. The summed E-state index contributed by atoms with van der Waals surface area (Å²) < 4.78 is 21.1. The van der Waals surface area contributed by atoms with Crippen molar-refractivity contribution in [3.05, 3.63) is 59.7 Å². The van der Waals surface area contributed by atoms with Crippen molar-refractivity contribution >= 4 is 11.9 Å². The summed E-state index contributed by atoms with van der Waals surface area (Å²) in [5.74, 6) is -1.86. The lowest BCUT2D eigenvalue weighted by Gasteiger charge is -2.40. The smallest absolute Gasteiger partial charge is 0.339 e. The molecule has 166 valence electrons. The molecule has 10 nitrogen and oxygen atoms in total. The topological polar surface area (TPSA) is 152 Å². The molecule has 2 aromatic rings. The average molecular weight is 434 g/mol. The van der Waals surface area contributed by atoms with Crippen LogP contribution in [0.1, 0.15) is 20.7 Å². The van der Waals surface area contributed by atoms with Gasteiger partial charge < -0.3 is 39.4 Å². The molecule has 1 fully saturated rings. The number of carboxylic acid groups (broad SMARTS) is 1. The van der Waals surface area contributed by atoms with Gasteiger partial charge in [0.05, 0.1) is 12.7 Å². The minimum absolute atomic E-state index is 0.152. The Kier molecular flexibility index (Phi) is 7.08. The molecule has 4 N–H and O–H groups in total. The second kappa shape index (κ2) is 9.75. The molecule has 10 heteroatoms. The molecule has 5 unspecified atom stereocenters. The van der Waals surface area contributed by atoms with Crippen molar-refractivity contribution < 1.29 is 49.0 Å². The predicted octanol–water partition coefficient (Wildman–Crippen LogP) is 0.437. The van der Waals surface area contributed by atoms with E-state index in [4.69, 9.17) is 18.9 Å². The van der Waals surface area contributed by atoms with Crippen LogP contribution in [-0.4, -0.2) is 76.8 Å². The van der Waals surface area contributed by atoms with Crippen LogP contribution in [0, 0.1) is 0 Å². The first kappa shape index (κ1) is 22.5. The van der Waals surface area contributed by atoms with Gasteiger partial charge in [-0.05, 0) is 30.3 Å². The number of hydrogen-bond acceptors (Lipinski definition) is 9. The summed E-state index contributed by atoms with van der Waals surface area (Å²) in [6.45, 7) is -0.438. The van der Waals surface area contributed by atoms with Crippen LogP contribution in [0.5, 0.6) is 11.5 Å². The largest absolute Gasteiger partial charge is 0.497 e. The van der Waals surface area contributed by atoms with Crippen molar-refractivity contribution in [3.8, 4) is 11.5 Å². The molecular weight excluding hydrogens is 412 g/mol. The number of carbonyl (C=O) groups is 2. The molecule has 0 bridgehead atoms. The van der Waals surface area contributed by atoms with E-state index in [2.05, 4.69) is 0 Å². The number of aliphatic hydroxyl groups excluding tert-OH is 3. The Morgan fingerprint density at radius 3 is 2.35 bits per heavy atom. The van der Waals surface area contributed by atoms with Crippen LogP contribution in [0.4, 0.5) is 0 Å². The van der Waals surface area contributed by atoms with Gasteiger partial charge in [0, 0.05) is 0 Å². The minimum Gasteiger partial charge on any atom is -0.497 e. The van der Waals surface area contributed by atoms with Gasteiger partial charge in [-0.3, -0.25) is 0 Å². The molecule has 0 saturated carbocycles. The van der Waals surface area contributed by atoms with Gasteiger partial charge in [0.1, 0.15) is 48.1 Å². The van der Waals surface area contributed by atoms with E-state index in [1.165, 1.54) is 25.3 Å². The molecule has 0 aliphatic carbocycles. The average Bonchev–Trinajstić information content (AvgIpc) is 2.79. The fraction of sp³-hybridized carbons (Fsp3) is 0.333. The monoisotopic (exact) mass is 434 g/mol. The van der Waals surface area contributed by atoms with Crippen LogP contribution in [-0.2, 0) is 9.47 Å². The molecule has 0 amide bonds. The van der Waals surface area contributed by atoms with Crippen molar-refractivity contribution in [2.24, 2.45) is 0 Å². The third-order valence-corrected chi connectivity index (χ3v) is 4.72. The van der Waals surface area contributed by atoms with Crippen LogP contribution in [0.3, 0.4) is 0 Å². The number of esters is 1. The number of rotatable bonds is 7. The van der Waals surface area contributed by atoms with E-state index in [0.29, 0.717) is 0 Å². The van der Waals surface area contributed by atoms with Gasteiger partial charge in [-0.2, -0.15) is 0 Å². The Hall–Kier alpha value is -3.18. The van der Waals surface area contributed by atoms with E-state index in [-0.39, 0.29) is 22.6 Å². The highest BCUT2D eigenvalue weighted by Gasteiger charge is 2.45. The number of carboxylic acids is 1. The van der Waals surface area contributed by atoms with Crippen molar-refractivity contribution in [2.75, 3.05) is 13.7 Å². The third kappa shape index (κ3) is 5.12. The standard InChI is InChI=1S/C21H22O10/c1-28-12-7-8-14(13(9-12)19(25)26)30-21-18(24)17(23)16(22)15(31-21)10-29-20(27)11-5-3-2-4-6-11/h2-9,15-18,21-24H,10H2,1H3,(H,25,26). The first-order valence-corrected chi connectivity index (χ1v) is 9.31. The molecule has 0 spiro atoms. The van der Waals surface area contributed by atoms with Crippen molar-refractivity contribution in [2.45, 2.75) is 30.7 Å². The quantitative estimate of drug-likeness (QED) is 0.452. The fourth-order valence-electron chi connectivity index (χ4n) is 3.00. The number of benzene rings is 2. The van der Waals surface area contributed by atoms with Gasteiger partial charge in [0.15, 0.2) is 0 Å². The summed E-state index contributed by atoms with van der Waals surface area (Å²) in [6, 6.07) is 12.1. The summed E-state index contributed by atoms with van der Waals surface area (Å²) >= 11 is 0. The number of carbonyl (C=O) groups excluding carboxylic acids is 1. The summed E-state index contributed by atoms with van der Waals surface area (Å²) in [7, 11) is 1.37. The molecule has 1 aliphatic heterocycles. The number of hydrogen-bond donors (Lipinski definition) is 4. The van der Waals surface area contributed by atoms with E-state index in [1.807, 2.05) is 0 Å². The van der Waals surface area contributed by atoms with Crippen molar-refractivity contribution in [1.82, 2.24) is 0 Å². The molecule has 3 rings (SSSR count). The lowest BCUT2D eigenvalue weighted by molar-refractivity contribution is -0.277. The number of methoxy groups -OCH3 is 1. The highest BCUT2D eigenvalue weighted by atomic mass is 16.7. The second-order valence-corrected chi connectivity index (χ2v) is 6.76. The molecule has 0 radical (unpaired) electrons. The SMILES string of the molecule is COc1ccc(OC2OC(COC(=O)c3ccccc3)C(O)C(O)C2O)c(C(=O)O)c1. The third-order valence-electron chi connectivity index (χ3n) is 4.72. The predicted molar refractivity (Wildman–Crippen MR) is 104 cm³/mol. The lowest BCUT2D eigenvalue weighted by atomic mass is 9.99. The van der Waals surface area contributed by atoms with E-state index in [0.717, 1.165) is 0 Å². The van der Waals surface area contributed by atoms with Crippen LogP contribution < -0.4 is 9.47 Å². The maximum absolute atomic E-state index is 12.1. The van der Waals surface area contributed by atoms with Crippen LogP contribution >= 0.6 is 0 Å². The molecule has 1 saturated heterocycles. The lowest BCUT2D eigenvalue weighted by Crippen LogP contribution is -2.60. The maximum atomic E-state index is 12.1. The Bertz CT molecular complexity index is 916. The normalized spacial score (nSPS) is 25.5. The summed E-state index contributed by atoms with van der Waals surface area (Å²) in [5.41, 5.74) is 0.0216. The molecule has 0 aromatic heterocycles. The van der Waals surface area contributed by atoms with Gasteiger partial charge in [-0.15, -0.1) is 0 Å². The van der Waals surface area contributed by atoms with E-state index in [9.17, 15) is 30.0 Å². The Balaban J connectivity index is 1.73. The molecule has 5 atom stereocenters. The zero-order valence-electron chi connectivity index (χ0n) is 16.5. The Morgan fingerprint density at radius 1 is 1.00 bits per heavy atom. The first-order valence-electron chi connectivity index (χ1n) is 9.31. The Labute approximate surface area is 177 Å². The van der Waals surface area contributed by atoms with E-state index < -0.39 is 49.3 Å². The van der Waals surface area contributed by atoms with Gasteiger partial charge in [0.2, 0.25) is 6.29 Å². The molecule has 1 heterocycles. The van der Waals surface area contributed by atoms with Crippen LogP contribution in [0.2, 0.25) is 0 Å². The maximum Gasteiger partial charge on any atom is 0.339 e. The molecule has 2 aromatic carbocycles. The zero-order chi connectivity index (χ0) is 22.5. The summed E-state index contributed by atoms with van der Waals surface area (Å²) in [6.07, 6.45) is -7.73.